The zero-order valence-electron chi connectivity index (χ0n) is 21.7. The fraction of sp³-hybridized carbons (Fsp3) is 0.370. The van der Waals surface area contributed by atoms with Gasteiger partial charge in [-0.25, -0.2) is 14.4 Å². The molecule has 3 atom stereocenters. The van der Waals surface area contributed by atoms with Gasteiger partial charge in [-0.3, -0.25) is 4.79 Å². The topological polar surface area (TPSA) is 172 Å². The zero-order chi connectivity index (χ0) is 28.2. The highest BCUT2D eigenvalue weighted by atomic mass is 16.6. The van der Waals surface area contributed by atoms with E-state index in [0.717, 1.165) is 0 Å². The number of anilines is 1. The van der Waals surface area contributed by atoms with E-state index in [1.165, 1.54) is 23.1 Å². The van der Waals surface area contributed by atoms with Gasteiger partial charge in [0.1, 0.15) is 11.6 Å². The number of carbonyl (C=O) groups excluding carboxylic acids is 3. The number of nitrogens with zero attached hydrogens (tertiary/aromatic N) is 2. The summed E-state index contributed by atoms with van der Waals surface area (Å²) in [6.45, 7) is 6.74. The van der Waals surface area contributed by atoms with E-state index in [1.54, 1.807) is 52.0 Å². The molecule has 202 valence electrons. The molecule has 3 rings (SSSR count). The van der Waals surface area contributed by atoms with Gasteiger partial charge in [0.25, 0.3) is 0 Å². The third-order valence-corrected chi connectivity index (χ3v) is 6.29. The number of benzene rings is 2. The number of hydrogen-bond donors (Lipinski definition) is 4. The lowest BCUT2D eigenvalue weighted by molar-refractivity contribution is -0.164. The van der Waals surface area contributed by atoms with Crippen LogP contribution >= 0.6 is 0 Å². The first-order valence-corrected chi connectivity index (χ1v) is 12.0. The summed E-state index contributed by atoms with van der Waals surface area (Å²) in [4.78, 5) is 52.3. The van der Waals surface area contributed by atoms with E-state index in [-0.39, 0.29) is 23.2 Å². The molecule has 11 heteroatoms. The van der Waals surface area contributed by atoms with Crippen molar-refractivity contribution >= 4 is 35.3 Å². The molecule has 0 radical (unpaired) electrons. The van der Waals surface area contributed by atoms with Crippen LogP contribution in [-0.2, 0) is 20.7 Å². The Bertz CT molecular complexity index is 1250. The molecule has 1 aliphatic heterocycles. The minimum Gasteiger partial charge on any atom is -0.478 e. The summed E-state index contributed by atoms with van der Waals surface area (Å²) >= 11 is 0. The van der Waals surface area contributed by atoms with Crippen molar-refractivity contribution in [1.82, 2.24) is 4.90 Å². The predicted octanol–water partition coefficient (Wildman–Crippen LogP) is 3.57. The number of carbonyl (C=O) groups is 4. The molecule has 1 heterocycles. The van der Waals surface area contributed by atoms with Crippen molar-refractivity contribution < 1.29 is 34.2 Å². The number of hydrogen-bond acceptors (Lipinski definition) is 7. The standard InChI is InChI=1S/C27H32N4O7/c1-15(30-37)18-13-21(25(35)38-27(2,3)4)31(23(18)16-9-6-5-7-10-16)22(32)14-19-17(24(33)34)11-8-12-20(19)29-26(28)36/h5-12,18,21,23,37H,13-14H2,1-4H3,(H,33,34)(H3,28,29,36)/b30-15+. The highest BCUT2D eigenvalue weighted by molar-refractivity contribution is 5.98. The van der Waals surface area contributed by atoms with Crippen LogP contribution in [-0.4, -0.2) is 56.4 Å². The van der Waals surface area contributed by atoms with Gasteiger partial charge in [0.2, 0.25) is 5.91 Å². The molecule has 3 amide bonds. The number of rotatable bonds is 7. The van der Waals surface area contributed by atoms with Crippen LogP contribution in [0.4, 0.5) is 10.5 Å². The molecule has 1 fully saturated rings. The number of nitrogens with one attached hydrogen (secondary N) is 1. The molecule has 2 aromatic carbocycles. The summed E-state index contributed by atoms with van der Waals surface area (Å²) in [5.74, 6) is -3.04. The first-order valence-electron chi connectivity index (χ1n) is 12.0. The highest BCUT2D eigenvalue weighted by Crippen LogP contribution is 2.43. The number of urea groups is 1. The lowest BCUT2D eigenvalue weighted by atomic mass is 9.89. The SMILES string of the molecule is C/C(=N\O)C1CC(C(=O)OC(C)(C)C)N(C(=O)Cc2c(NC(N)=O)cccc2C(=O)O)C1c1ccccc1. The predicted molar refractivity (Wildman–Crippen MR) is 139 cm³/mol. The molecule has 2 aromatic rings. The molecule has 1 saturated heterocycles. The first-order chi connectivity index (χ1) is 17.8. The van der Waals surface area contributed by atoms with Gasteiger partial charge < -0.3 is 31.0 Å². The van der Waals surface area contributed by atoms with Crippen LogP contribution in [0.15, 0.2) is 53.7 Å². The van der Waals surface area contributed by atoms with E-state index in [9.17, 15) is 29.5 Å². The number of aromatic carboxylic acids is 1. The molecule has 1 aliphatic rings. The lowest BCUT2D eigenvalue weighted by Crippen LogP contribution is -2.45. The van der Waals surface area contributed by atoms with Crippen molar-refractivity contribution in [3.8, 4) is 0 Å². The molecule has 5 N–H and O–H groups in total. The number of ether oxygens (including phenoxy) is 1. The fourth-order valence-electron chi connectivity index (χ4n) is 4.77. The summed E-state index contributed by atoms with van der Waals surface area (Å²) in [7, 11) is 0. The molecule has 38 heavy (non-hydrogen) atoms. The zero-order valence-corrected chi connectivity index (χ0v) is 21.7. The summed E-state index contributed by atoms with van der Waals surface area (Å²) < 4.78 is 5.63. The van der Waals surface area contributed by atoms with Gasteiger partial charge in [-0.2, -0.15) is 0 Å². The maximum Gasteiger partial charge on any atom is 0.336 e. The molecular weight excluding hydrogens is 492 g/mol. The second-order valence-electron chi connectivity index (χ2n) is 10.1. The fourth-order valence-corrected chi connectivity index (χ4v) is 4.77. The average molecular weight is 525 g/mol. The minimum absolute atomic E-state index is 0.0366. The van der Waals surface area contributed by atoms with Crippen LogP contribution in [0.2, 0.25) is 0 Å². The van der Waals surface area contributed by atoms with E-state index in [1.807, 2.05) is 6.07 Å². The Morgan fingerprint density at radius 1 is 1.11 bits per heavy atom. The summed E-state index contributed by atoms with van der Waals surface area (Å²) in [6.07, 6.45) is -0.328. The van der Waals surface area contributed by atoms with Crippen LogP contribution in [0.5, 0.6) is 0 Å². The number of nitrogens with two attached hydrogens (primary N) is 1. The smallest absolute Gasteiger partial charge is 0.336 e. The highest BCUT2D eigenvalue weighted by Gasteiger charge is 2.50. The van der Waals surface area contributed by atoms with Gasteiger partial charge in [-0.1, -0.05) is 41.6 Å². The molecule has 0 saturated carbocycles. The Balaban J connectivity index is 2.15. The minimum atomic E-state index is -1.30. The lowest BCUT2D eigenvalue weighted by Gasteiger charge is -2.33. The number of carboxylic acids is 1. The van der Waals surface area contributed by atoms with Crippen molar-refractivity contribution in [2.45, 2.75) is 58.2 Å². The molecule has 0 aliphatic carbocycles. The van der Waals surface area contributed by atoms with Gasteiger partial charge in [-0.15, -0.1) is 0 Å². The van der Waals surface area contributed by atoms with Crippen molar-refractivity contribution in [2.24, 2.45) is 16.8 Å². The van der Waals surface area contributed by atoms with Gasteiger partial charge >= 0.3 is 18.0 Å². The number of carboxylic acid groups (broad SMARTS) is 1. The third kappa shape index (κ3) is 6.28. The number of oxime groups is 1. The molecule has 0 spiro atoms. The average Bonchev–Trinajstić information content (AvgIpc) is 3.24. The van der Waals surface area contributed by atoms with Gasteiger partial charge in [0, 0.05) is 11.6 Å². The Morgan fingerprint density at radius 2 is 1.76 bits per heavy atom. The number of amides is 3. The van der Waals surface area contributed by atoms with Crippen LogP contribution < -0.4 is 11.1 Å². The van der Waals surface area contributed by atoms with Crippen LogP contribution in [0.25, 0.3) is 0 Å². The Hall–Kier alpha value is -4.41. The normalized spacial score (nSPS) is 19.6. The number of likely N-dealkylation sites (tertiary alicyclic amines) is 1. The summed E-state index contributed by atoms with van der Waals surface area (Å²) in [5.41, 5.74) is 5.36. The van der Waals surface area contributed by atoms with E-state index in [4.69, 9.17) is 10.5 Å². The molecule has 11 nitrogen and oxygen atoms in total. The van der Waals surface area contributed by atoms with E-state index >= 15 is 0 Å². The Morgan fingerprint density at radius 3 is 2.32 bits per heavy atom. The van der Waals surface area contributed by atoms with Gasteiger partial charge in [-0.05, 0) is 57.4 Å². The molecule has 3 unspecified atom stereocenters. The van der Waals surface area contributed by atoms with Crippen molar-refractivity contribution in [1.29, 1.82) is 0 Å². The largest absolute Gasteiger partial charge is 0.478 e. The maximum atomic E-state index is 14.0. The van der Waals surface area contributed by atoms with Crippen molar-refractivity contribution in [2.75, 3.05) is 5.32 Å². The van der Waals surface area contributed by atoms with E-state index in [0.29, 0.717) is 11.3 Å². The third-order valence-electron chi connectivity index (χ3n) is 6.29. The maximum absolute atomic E-state index is 14.0. The monoisotopic (exact) mass is 524 g/mol. The number of primary amides is 1. The summed E-state index contributed by atoms with van der Waals surface area (Å²) in [6, 6.07) is 10.5. The Kier molecular flexibility index (Phi) is 8.39. The molecule has 0 bridgehead atoms. The van der Waals surface area contributed by atoms with Crippen molar-refractivity contribution in [3.63, 3.8) is 0 Å². The Labute approximate surface area is 220 Å². The summed E-state index contributed by atoms with van der Waals surface area (Å²) in [5, 5.41) is 25.1. The van der Waals surface area contributed by atoms with E-state index in [2.05, 4.69) is 10.5 Å². The first kappa shape index (κ1) is 28.2. The van der Waals surface area contributed by atoms with Crippen LogP contribution in [0, 0.1) is 5.92 Å². The second kappa shape index (κ2) is 11.3. The quantitative estimate of drug-likeness (QED) is 0.185. The van der Waals surface area contributed by atoms with E-state index < -0.39 is 53.9 Å². The van der Waals surface area contributed by atoms with Gasteiger partial charge in [0.15, 0.2) is 0 Å². The van der Waals surface area contributed by atoms with Gasteiger partial charge in [0.05, 0.1) is 23.7 Å². The number of esters is 1. The molecular formula is C27H32N4O7. The van der Waals surface area contributed by atoms with Crippen LogP contribution in [0.1, 0.15) is 61.6 Å². The second-order valence-corrected chi connectivity index (χ2v) is 10.1. The van der Waals surface area contributed by atoms with Crippen molar-refractivity contribution in [3.05, 3.63) is 65.2 Å². The van der Waals surface area contributed by atoms with Crippen LogP contribution in [0.3, 0.4) is 0 Å². The molecule has 0 aromatic heterocycles.